The lowest BCUT2D eigenvalue weighted by Crippen LogP contribution is -2.08. The van der Waals surface area contributed by atoms with Crippen molar-refractivity contribution in [2.45, 2.75) is 26.5 Å². The van der Waals surface area contributed by atoms with E-state index in [1.54, 1.807) is 18.3 Å². The van der Waals surface area contributed by atoms with E-state index in [1.165, 1.54) is 6.07 Å². The zero-order valence-corrected chi connectivity index (χ0v) is 16.5. The number of nitrogens with zero attached hydrogens (tertiary/aromatic N) is 3. The van der Waals surface area contributed by atoms with Gasteiger partial charge in [-0.25, -0.2) is 0 Å². The van der Waals surface area contributed by atoms with Gasteiger partial charge in [0.1, 0.15) is 21.8 Å². The zero-order valence-electron chi connectivity index (χ0n) is 14.4. The van der Waals surface area contributed by atoms with E-state index >= 15 is 0 Å². The van der Waals surface area contributed by atoms with Crippen LogP contribution in [0.25, 0.3) is 11.4 Å². The van der Waals surface area contributed by atoms with E-state index in [4.69, 9.17) is 4.74 Å². The first kappa shape index (κ1) is 18.4. The third kappa shape index (κ3) is 3.72. The van der Waals surface area contributed by atoms with E-state index in [1.807, 2.05) is 22.9 Å². The largest absolute Gasteiger partial charge is 0.507 e. The van der Waals surface area contributed by atoms with Crippen molar-refractivity contribution < 1.29 is 14.6 Å². The number of benzene rings is 1. The molecule has 0 saturated carbocycles. The molecule has 0 spiro atoms. The fraction of sp³-hybridized carbons (Fsp3) is 0.211. The number of aldehydes is 1. The van der Waals surface area contributed by atoms with Gasteiger partial charge >= 0.3 is 0 Å². The van der Waals surface area contributed by atoms with Crippen molar-refractivity contribution in [3.05, 3.63) is 57.4 Å². The molecule has 6 nitrogen and oxygen atoms in total. The summed E-state index contributed by atoms with van der Waals surface area (Å²) in [4.78, 5) is 15.7. The first-order valence-corrected chi connectivity index (χ1v) is 9.18. The molecule has 0 amide bonds. The molecule has 0 radical (unpaired) electrons. The van der Waals surface area contributed by atoms with Gasteiger partial charge in [-0.3, -0.25) is 14.5 Å². The molecule has 0 saturated heterocycles. The minimum absolute atomic E-state index is 0.101. The Kier molecular flexibility index (Phi) is 5.55. The third-order valence-electron chi connectivity index (χ3n) is 3.87. The fourth-order valence-electron chi connectivity index (χ4n) is 2.65. The number of carbonyl (C=O) groups is 1. The van der Waals surface area contributed by atoms with Gasteiger partial charge in [-0.05, 0) is 60.7 Å². The highest BCUT2D eigenvalue weighted by Crippen LogP contribution is 2.29. The van der Waals surface area contributed by atoms with Crippen LogP contribution in [0, 0.1) is 3.70 Å². The van der Waals surface area contributed by atoms with Crippen molar-refractivity contribution >= 4 is 28.9 Å². The second-order valence-electron chi connectivity index (χ2n) is 6.00. The number of hydrogen-bond acceptors (Lipinski definition) is 5. The molecule has 26 heavy (non-hydrogen) atoms. The minimum Gasteiger partial charge on any atom is -0.507 e. The van der Waals surface area contributed by atoms with Gasteiger partial charge in [0.2, 0.25) is 0 Å². The first-order chi connectivity index (χ1) is 12.5. The lowest BCUT2D eigenvalue weighted by Gasteiger charge is -2.14. The van der Waals surface area contributed by atoms with Crippen molar-refractivity contribution in [2.24, 2.45) is 0 Å². The van der Waals surface area contributed by atoms with Crippen LogP contribution in [-0.4, -0.2) is 26.2 Å². The number of halogens is 1. The van der Waals surface area contributed by atoms with Crippen LogP contribution in [0.1, 0.15) is 35.8 Å². The summed E-state index contributed by atoms with van der Waals surface area (Å²) in [7, 11) is 0. The summed E-state index contributed by atoms with van der Waals surface area (Å²) >= 11 is 2.18. The number of carbonyl (C=O) groups excluding carboxylic acids is 1. The lowest BCUT2D eigenvalue weighted by atomic mass is 10.1. The predicted molar refractivity (Wildman–Crippen MR) is 106 cm³/mol. The van der Waals surface area contributed by atoms with E-state index in [-0.39, 0.29) is 24.0 Å². The average Bonchev–Trinajstić information content (AvgIpc) is 3.02. The molecule has 2 aromatic heterocycles. The molecule has 3 aromatic rings. The predicted octanol–water partition coefficient (Wildman–Crippen LogP) is 4.23. The topological polar surface area (TPSA) is 77.2 Å². The standard InChI is InChI=1S/C19H18IN3O3/c1-12(2)23-15(9-18(20)22-23)19-13(5-4-8-21-19)11-26-17-7-3-6-16(25)14(17)10-24/h3-10,12,25H,11H2,1-2H3. The zero-order chi connectivity index (χ0) is 18.7. The van der Waals surface area contributed by atoms with Crippen LogP contribution < -0.4 is 4.74 Å². The van der Waals surface area contributed by atoms with Gasteiger partial charge in [-0.1, -0.05) is 12.1 Å². The lowest BCUT2D eigenvalue weighted by molar-refractivity contribution is 0.111. The van der Waals surface area contributed by atoms with Crippen molar-refractivity contribution in [1.82, 2.24) is 14.8 Å². The normalized spacial score (nSPS) is 10.9. The van der Waals surface area contributed by atoms with Crippen LogP contribution in [0.3, 0.4) is 0 Å². The molecular weight excluding hydrogens is 445 g/mol. The second-order valence-corrected chi connectivity index (χ2v) is 7.10. The Morgan fingerprint density at radius 3 is 2.85 bits per heavy atom. The molecule has 1 N–H and O–H groups in total. The van der Waals surface area contributed by atoms with E-state index in [9.17, 15) is 9.90 Å². The molecule has 3 rings (SSSR count). The second kappa shape index (κ2) is 7.86. The maximum absolute atomic E-state index is 11.2. The number of phenolic OH excluding ortho intramolecular Hbond substituents is 1. The molecule has 0 atom stereocenters. The Morgan fingerprint density at radius 1 is 1.31 bits per heavy atom. The van der Waals surface area contributed by atoms with Gasteiger partial charge < -0.3 is 9.84 Å². The maximum atomic E-state index is 11.2. The Balaban J connectivity index is 1.94. The molecule has 2 heterocycles. The number of phenols is 1. The van der Waals surface area contributed by atoms with Crippen LogP contribution >= 0.6 is 22.6 Å². The minimum atomic E-state index is -0.101. The van der Waals surface area contributed by atoms with Crippen molar-refractivity contribution in [2.75, 3.05) is 0 Å². The summed E-state index contributed by atoms with van der Waals surface area (Å²) < 4.78 is 8.62. The van der Waals surface area contributed by atoms with E-state index < -0.39 is 0 Å². The Bertz CT molecular complexity index is 938. The van der Waals surface area contributed by atoms with Crippen LogP contribution in [0.5, 0.6) is 11.5 Å². The molecular formula is C19H18IN3O3. The fourth-order valence-corrected chi connectivity index (χ4v) is 3.18. The molecule has 0 aliphatic carbocycles. The summed E-state index contributed by atoms with van der Waals surface area (Å²) in [5, 5.41) is 14.3. The molecule has 134 valence electrons. The molecule has 1 aromatic carbocycles. The maximum Gasteiger partial charge on any atom is 0.157 e. The SMILES string of the molecule is CC(C)n1nc(I)cc1-c1ncccc1COc1cccc(O)c1C=O. The number of hydrogen-bond donors (Lipinski definition) is 1. The monoisotopic (exact) mass is 463 g/mol. The number of ether oxygens (including phenoxy) is 1. The van der Waals surface area contributed by atoms with Gasteiger partial charge in [0.25, 0.3) is 0 Å². The van der Waals surface area contributed by atoms with E-state index in [2.05, 4.69) is 46.5 Å². The Hall–Kier alpha value is -2.42. The number of pyridine rings is 1. The molecule has 0 aliphatic rings. The van der Waals surface area contributed by atoms with Crippen LogP contribution in [-0.2, 0) is 6.61 Å². The molecule has 0 fully saturated rings. The highest BCUT2D eigenvalue weighted by molar-refractivity contribution is 14.1. The summed E-state index contributed by atoms with van der Waals surface area (Å²) in [5.41, 5.74) is 2.70. The number of rotatable bonds is 6. The highest BCUT2D eigenvalue weighted by Gasteiger charge is 2.16. The smallest absolute Gasteiger partial charge is 0.157 e. The van der Waals surface area contributed by atoms with Gasteiger partial charge in [0, 0.05) is 17.8 Å². The van der Waals surface area contributed by atoms with Crippen molar-refractivity contribution in [3.63, 3.8) is 0 Å². The number of aromatic nitrogens is 3. The van der Waals surface area contributed by atoms with Gasteiger partial charge in [0.15, 0.2) is 6.29 Å². The Labute approximate surface area is 165 Å². The summed E-state index contributed by atoms with van der Waals surface area (Å²) in [6.07, 6.45) is 2.32. The molecule has 0 aliphatic heterocycles. The molecule has 0 bridgehead atoms. The third-order valence-corrected chi connectivity index (χ3v) is 4.40. The summed E-state index contributed by atoms with van der Waals surface area (Å²) in [6, 6.07) is 10.7. The summed E-state index contributed by atoms with van der Waals surface area (Å²) in [6.45, 7) is 4.34. The van der Waals surface area contributed by atoms with E-state index in [0.29, 0.717) is 12.0 Å². The quantitative estimate of drug-likeness (QED) is 0.438. The van der Waals surface area contributed by atoms with Crippen molar-refractivity contribution in [1.29, 1.82) is 0 Å². The highest BCUT2D eigenvalue weighted by atomic mass is 127. The van der Waals surface area contributed by atoms with Crippen LogP contribution in [0.2, 0.25) is 0 Å². The van der Waals surface area contributed by atoms with Gasteiger partial charge in [-0.2, -0.15) is 5.10 Å². The first-order valence-electron chi connectivity index (χ1n) is 8.10. The molecule has 0 unspecified atom stereocenters. The molecule has 7 heteroatoms. The van der Waals surface area contributed by atoms with Gasteiger partial charge in [0.05, 0.1) is 17.0 Å². The van der Waals surface area contributed by atoms with Crippen LogP contribution in [0.15, 0.2) is 42.6 Å². The van der Waals surface area contributed by atoms with Gasteiger partial charge in [-0.15, -0.1) is 0 Å². The summed E-state index contributed by atoms with van der Waals surface area (Å²) in [5.74, 6) is 0.234. The average molecular weight is 463 g/mol. The van der Waals surface area contributed by atoms with E-state index in [0.717, 1.165) is 20.7 Å². The number of aromatic hydroxyl groups is 1. The Morgan fingerprint density at radius 2 is 2.12 bits per heavy atom. The van der Waals surface area contributed by atoms with Crippen molar-refractivity contribution in [3.8, 4) is 22.9 Å². The van der Waals surface area contributed by atoms with Crippen LogP contribution in [0.4, 0.5) is 0 Å².